The van der Waals surface area contributed by atoms with Gasteiger partial charge < -0.3 is 10.1 Å². The van der Waals surface area contributed by atoms with E-state index in [1.807, 2.05) is 0 Å². The Labute approximate surface area is 159 Å². The normalized spacial score (nSPS) is 16.4. The maximum atomic E-state index is 6.17. The van der Waals surface area contributed by atoms with Crippen LogP contribution in [0, 0.1) is 0 Å². The molecule has 2 aromatic rings. The second-order valence-corrected chi connectivity index (χ2v) is 6.90. The highest BCUT2D eigenvalue weighted by Crippen LogP contribution is 2.34. The number of hydrogen-bond donors (Lipinski definition) is 1. The molecule has 3 rings (SSSR count). The molecule has 0 bridgehead atoms. The molecular formula is C20H25BrClNO. The third kappa shape index (κ3) is 4.82. The molecular weight excluding hydrogens is 386 g/mol. The lowest BCUT2D eigenvalue weighted by molar-refractivity contribution is 0.0565. The molecule has 0 atom stereocenters. The van der Waals surface area contributed by atoms with E-state index < -0.39 is 0 Å². The fourth-order valence-corrected chi connectivity index (χ4v) is 3.73. The van der Waals surface area contributed by atoms with Crippen LogP contribution in [0.5, 0.6) is 0 Å². The van der Waals surface area contributed by atoms with Crippen LogP contribution in [0.15, 0.2) is 54.6 Å². The van der Waals surface area contributed by atoms with Crippen molar-refractivity contribution in [3.05, 3.63) is 71.3 Å². The third-order valence-corrected chi connectivity index (χ3v) is 5.39. The highest BCUT2D eigenvalue weighted by molar-refractivity contribution is 9.08. The van der Waals surface area contributed by atoms with Crippen molar-refractivity contribution in [2.75, 3.05) is 19.7 Å². The van der Waals surface area contributed by atoms with E-state index in [0.29, 0.717) is 6.61 Å². The maximum Gasteiger partial charge on any atom is 0.0717 e. The molecule has 4 heteroatoms. The average molecular weight is 411 g/mol. The second kappa shape index (κ2) is 9.57. The summed E-state index contributed by atoms with van der Waals surface area (Å²) in [5, 5.41) is 4.36. The molecule has 1 aliphatic heterocycles. The van der Waals surface area contributed by atoms with Crippen molar-refractivity contribution in [1.82, 2.24) is 5.32 Å². The van der Waals surface area contributed by atoms with E-state index in [0.717, 1.165) is 37.9 Å². The van der Waals surface area contributed by atoms with Crippen LogP contribution in [-0.2, 0) is 22.1 Å². The number of nitrogens with one attached hydrogen (secondary N) is 1. The molecule has 0 saturated carbocycles. The van der Waals surface area contributed by atoms with Crippen LogP contribution in [-0.4, -0.2) is 19.7 Å². The van der Waals surface area contributed by atoms with Crippen LogP contribution < -0.4 is 5.32 Å². The molecule has 1 saturated heterocycles. The summed E-state index contributed by atoms with van der Waals surface area (Å²) < 4.78 is 6.17. The summed E-state index contributed by atoms with van der Waals surface area (Å²) in [5.74, 6) is 0. The summed E-state index contributed by atoms with van der Waals surface area (Å²) in [6.45, 7) is 3.61. The summed E-state index contributed by atoms with van der Waals surface area (Å²) in [4.78, 5) is 0. The topological polar surface area (TPSA) is 21.3 Å². The van der Waals surface area contributed by atoms with E-state index in [9.17, 15) is 0 Å². The fraction of sp³-hybridized carbons (Fsp3) is 0.400. The minimum absolute atomic E-state index is 0. The second-order valence-electron chi connectivity index (χ2n) is 6.34. The smallest absolute Gasteiger partial charge is 0.0717 e. The van der Waals surface area contributed by atoms with Crippen molar-refractivity contribution in [2.45, 2.75) is 30.2 Å². The molecule has 1 heterocycles. The van der Waals surface area contributed by atoms with Crippen molar-refractivity contribution in [3.8, 4) is 0 Å². The van der Waals surface area contributed by atoms with Crippen LogP contribution in [0.3, 0.4) is 0 Å². The lowest BCUT2D eigenvalue weighted by atomic mass is 9.74. The summed E-state index contributed by atoms with van der Waals surface area (Å²) in [6.07, 6.45) is 2.27. The SMILES string of the molecule is BrCc1cccc(COCC2(c3ccccc3)CCNCC2)c1.Cl. The molecule has 1 aliphatic rings. The number of ether oxygens (including phenoxy) is 1. The maximum absolute atomic E-state index is 6.17. The Hall–Kier alpha value is -0.870. The minimum Gasteiger partial charge on any atom is -0.376 e. The standard InChI is InChI=1S/C20H24BrNO.ClH/c21-14-17-5-4-6-18(13-17)15-23-16-20(9-11-22-12-10-20)19-7-2-1-3-8-19;/h1-8,13,22H,9-12,14-16H2;1H. The van der Waals surface area contributed by atoms with Crippen LogP contribution >= 0.6 is 28.3 Å². The monoisotopic (exact) mass is 409 g/mol. The van der Waals surface area contributed by atoms with Gasteiger partial charge in [-0.3, -0.25) is 0 Å². The molecule has 0 unspecified atom stereocenters. The Morgan fingerprint density at radius 3 is 2.38 bits per heavy atom. The average Bonchev–Trinajstić information content (AvgIpc) is 2.63. The van der Waals surface area contributed by atoms with E-state index in [1.165, 1.54) is 16.7 Å². The highest BCUT2D eigenvalue weighted by atomic mass is 79.9. The van der Waals surface area contributed by atoms with Crippen molar-refractivity contribution in [1.29, 1.82) is 0 Å². The van der Waals surface area contributed by atoms with Gasteiger partial charge in [-0.1, -0.05) is 70.5 Å². The zero-order valence-corrected chi connectivity index (χ0v) is 16.2. The number of piperidine rings is 1. The molecule has 2 nitrogen and oxygen atoms in total. The predicted octanol–water partition coefficient (Wildman–Crippen LogP) is 4.84. The van der Waals surface area contributed by atoms with Crippen LogP contribution in [0.4, 0.5) is 0 Å². The summed E-state index contributed by atoms with van der Waals surface area (Å²) in [6, 6.07) is 19.5. The van der Waals surface area contributed by atoms with Gasteiger partial charge in [-0.2, -0.15) is 0 Å². The van der Waals surface area contributed by atoms with Gasteiger partial charge in [-0.05, 0) is 42.6 Å². The first-order chi connectivity index (χ1) is 11.3. The van der Waals surface area contributed by atoms with Crippen molar-refractivity contribution in [3.63, 3.8) is 0 Å². The van der Waals surface area contributed by atoms with E-state index in [2.05, 4.69) is 75.8 Å². The number of rotatable bonds is 6. The van der Waals surface area contributed by atoms with Gasteiger partial charge in [-0.15, -0.1) is 12.4 Å². The molecule has 24 heavy (non-hydrogen) atoms. The molecule has 1 fully saturated rings. The van der Waals surface area contributed by atoms with E-state index in [1.54, 1.807) is 0 Å². The van der Waals surface area contributed by atoms with Gasteiger partial charge in [0, 0.05) is 10.7 Å². The highest BCUT2D eigenvalue weighted by Gasteiger charge is 2.34. The molecule has 0 radical (unpaired) electrons. The molecule has 0 spiro atoms. The van der Waals surface area contributed by atoms with Gasteiger partial charge in [0.1, 0.15) is 0 Å². The van der Waals surface area contributed by atoms with E-state index in [-0.39, 0.29) is 17.8 Å². The van der Waals surface area contributed by atoms with Gasteiger partial charge in [0.2, 0.25) is 0 Å². The first-order valence-electron chi connectivity index (χ1n) is 8.30. The van der Waals surface area contributed by atoms with Crippen LogP contribution in [0.2, 0.25) is 0 Å². The van der Waals surface area contributed by atoms with Crippen molar-refractivity contribution < 1.29 is 4.74 Å². The summed E-state index contributed by atoms with van der Waals surface area (Å²) in [7, 11) is 0. The van der Waals surface area contributed by atoms with Crippen LogP contribution in [0.25, 0.3) is 0 Å². The predicted molar refractivity (Wildman–Crippen MR) is 106 cm³/mol. The zero-order valence-electron chi connectivity index (χ0n) is 13.8. The molecule has 2 aromatic carbocycles. The Morgan fingerprint density at radius 1 is 0.958 bits per heavy atom. The Morgan fingerprint density at radius 2 is 1.67 bits per heavy atom. The lowest BCUT2D eigenvalue weighted by Crippen LogP contribution is -2.43. The molecule has 0 aromatic heterocycles. The van der Waals surface area contributed by atoms with Crippen LogP contribution in [0.1, 0.15) is 29.5 Å². The van der Waals surface area contributed by atoms with Gasteiger partial charge in [-0.25, -0.2) is 0 Å². The summed E-state index contributed by atoms with van der Waals surface area (Å²) in [5.41, 5.74) is 4.11. The Balaban J connectivity index is 0.00000208. The first kappa shape index (κ1) is 19.5. The number of benzene rings is 2. The first-order valence-corrected chi connectivity index (χ1v) is 9.42. The zero-order chi connectivity index (χ0) is 16.0. The molecule has 0 aliphatic carbocycles. The third-order valence-electron chi connectivity index (χ3n) is 4.74. The quantitative estimate of drug-likeness (QED) is 0.688. The number of hydrogen-bond acceptors (Lipinski definition) is 2. The fourth-order valence-electron chi connectivity index (χ4n) is 3.38. The molecule has 1 N–H and O–H groups in total. The van der Waals surface area contributed by atoms with Gasteiger partial charge in [0.15, 0.2) is 0 Å². The van der Waals surface area contributed by atoms with Gasteiger partial charge in [0.05, 0.1) is 13.2 Å². The Bertz CT molecular complexity index is 614. The minimum atomic E-state index is 0. The van der Waals surface area contributed by atoms with Gasteiger partial charge >= 0.3 is 0 Å². The van der Waals surface area contributed by atoms with E-state index in [4.69, 9.17) is 4.74 Å². The number of alkyl halides is 1. The van der Waals surface area contributed by atoms with Crippen molar-refractivity contribution in [2.24, 2.45) is 0 Å². The largest absolute Gasteiger partial charge is 0.376 e. The Kier molecular flexibility index (Phi) is 7.76. The molecule has 130 valence electrons. The summed E-state index contributed by atoms with van der Waals surface area (Å²) >= 11 is 3.51. The van der Waals surface area contributed by atoms with Gasteiger partial charge in [0.25, 0.3) is 0 Å². The molecule has 0 amide bonds. The number of halogens is 2. The lowest BCUT2D eigenvalue weighted by Gasteiger charge is -2.38. The van der Waals surface area contributed by atoms with Crippen molar-refractivity contribution >= 4 is 28.3 Å². The van der Waals surface area contributed by atoms with E-state index >= 15 is 0 Å².